The molecule has 168 valence electrons. The number of amides is 1. The number of nitrogens with zero attached hydrogens (tertiary/aromatic N) is 4. The summed E-state index contributed by atoms with van der Waals surface area (Å²) in [6, 6.07) is 18.2. The van der Waals surface area contributed by atoms with Gasteiger partial charge in [-0.15, -0.1) is 10.2 Å². The number of carbonyl (C=O) groups excluding carboxylic acids is 1. The van der Waals surface area contributed by atoms with Crippen LogP contribution in [0.2, 0.25) is 0 Å². The van der Waals surface area contributed by atoms with Crippen LogP contribution < -0.4 is 4.74 Å². The standard InChI is InChI=1S/C25H30N4O2S/c1-3-31-22-11-9-21(10-12-22)29-23(17-20-7-5-4-6-8-20)26-27-25(29)32-18-24(30)28-15-13-19(2)14-16-28/h4-12,19H,3,13-18H2,1-2H3. The summed E-state index contributed by atoms with van der Waals surface area (Å²) >= 11 is 1.46. The van der Waals surface area contributed by atoms with E-state index in [0.717, 1.165) is 48.3 Å². The first-order valence-corrected chi connectivity index (χ1v) is 12.2. The SMILES string of the molecule is CCOc1ccc(-n2c(Cc3ccccc3)nnc2SCC(=O)N2CCC(C)CC2)cc1. The van der Waals surface area contributed by atoms with E-state index >= 15 is 0 Å². The van der Waals surface area contributed by atoms with E-state index in [1.165, 1.54) is 17.3 Å². The summed E-state index contributed by atoms with van der Waals surface area (Å²) in [7, 11) is 0. The molecule has 1 amide bonds. The van der Waals surface area contributed by atoms with Gasteiger partial charge in [-0.25, -0.2) is 0 Å². The second-order valence-corrected chi connectivity index (χ2v) is 9.12. The van der Waals surface area contributed by atoms with E-state index in [9.17, 15) is 4.79 Å². The molecule has 0 N–H and O–H groups in total. The first-order chi connectivity index (χ1) is 15.6. The minimum Gasteiger partial charge on any atom is -0.494 e. The quantitative estimate of drug-likeness (QED) is 0.469. The topological polar surface area (TPSA) is 60.2 Å². The van der Waals surface area contributed by atoms with E-state index in [4.69, 9.17) is 4.74 Å². The predicted molar refractivity (Wildman–Crippen MR) is 127 cm³/mol. The van der Waals surface area contributed by atoms with Crippen molar-refractivity contribution in [2.45, 2.75) is 38.3 Å². The van der Waals surface area contributed by atoms with Crippen LogP contribution in [0.15, 0.2) is 59.8 Å². The van der Waals surface area contributed by atoms with Gasteiger partial charge >= 0.3 is 0 Å². The Balaban J connectivity index is 1.55. The number of hydrogen-bond acceptors (Lipinski definition) is 5. The van der Waals surface area contributed by atoms with Crippen LogP contribution in [0.3, 0.4) is 0 Å². The number of ether oxygens (including phenoxy) is 1. The number of rotatable bonds is 8. The lowest BCUT2D eigenvalue weighted by molar-refractivity contribution is -0.129. The summed E-state index contributed by atoms with van der Waals surface area (Å²) in [5.74, 6) is 2.93. The van der Waals surface area contributed by atoms with Crippen molar-refractivity contribution in [1.82, 2.24) is 19.7 Å². The Morgan fingerprint density at radius 1 is 1.06 bits per heavy atom. The normalized spacial score (nSPS) is 14.5. The third-order valence-corrected chi connectivity index (χ3v) is 6.69. The molecule has 3 aromatic rings. The molecule has 7 heteroatoms. The maximum absolute atomic E-state index is 12.8. The van der Waals surface area contributed by atoms with Crippen LogP contribution in [0.4, 0.5) is 0 Å². The molecule has 2 heterocycles. The molecule has 1 saturated heterocycles. The van der Waals surface area contributed by atoms with Crippen LogP contribution in [-0.4, -0.2) is 51.0 Å². The molecule has 32 heavy (non-hydrogen) atoms. The highest BCUT2D eigenvalue weighted by molar-refractivity contribution is 7.99. The Bertz CT molecular complexity index is 1010. The van der Waals surface area contributed by atoms with Crippen molar-refractivity contribution in [1.29, 1.82) is 0 Å². The molecule has 1 fully saturated rings. The highest BCUT2D eigenvalue weighted by atomic mass is 32.2. The molecule has 0 radical (unpaired) electrons. The zero-order chi connectivity index (χ0) is 22.3. The minimum absolute atomic E-state index is 0.174. The number of hydrogen-bond donors (Lipinski definition) is 0. The summed E-state index contributed by atoms with van der Waals surface area (Å²) in [5.41, 5.74) is 2.13. The summed E-state index contributed by atoms with van der Waals surface area (Å²) in [6.07, 6.45) is 2.83. The summed E-state index contributed by atoms with van der Waals surface area (Å²) in [6.45, 7) is 6.56. The number of benzene rings is 2. The smallest absolute Gasteiger partial charge is 0.233 e. The van der Waals surface area contributed by atoms with Gasteiger partial charge in [-0.1, -0.05) is 49.0 Å². The number of aromatic nitrogens is 3. The average Bonchev–Trinajstić information content (AvgIpc) is 3.21. The molecule has 0 saturated carbocycles. The molecule has 0 atom stereocenters. The molecule has 1 aliphatic rings. The molecule has 4 rings (SSSR count). The van der Waals surface area contributed by atoms with Crippen molar-refractivity contribution in [3.63, 3.8) is 0 Å². The maximum atomic E-state index is 12.8. The Labute approximate surface area is 194 Å². The number of piperidine rings is 1. The lowest BCUT2D eigenvalue weighted by Gasteiger charge is -2.30. The van der Waals surface area contributed by atoms with E-state index in [0.29, 0.717) is 24.7 Å². The van der Waals surface area contributed by atoms with Crippen LogP contribution in [0, 0.1) is 5.92 Å². The molecule has 1 aromatic heterocycles. The Kier molecular flexibility index (Phi) is 7.47. The van der Waals surface area contributed by atoms with Crippen LogP contribution in [0.1, 0.15) is 38.1 Å². The number of likely N-dealkylation sites (tertiary alicyclic amines) is 1. The third-order valence-electron chi connectivity index (χ3n) is 5.77. The van der Waals surface area contributed by atoms with Crippen molar-refractivity contribution in [2.75, 3.05) is 25.4 Å². The van der Waals surface area contributed by atoms with E-state index in [2.05, 4.69) is 33.8 Å². The van der Waals surface area contributed by atoms with Crippen molar-refractivity contribution in [3.05, 3.63) is 66.0 Å². The minimum atomic E-state index is 0.174. The number of carbonyl (C=O) groups is 1. The lowest BCUT2D eigenvalue weighted by Crippen LogP contribution is -2.38. The van der Waals surface area contributed by atoms with Crippen molar-refractivity contribution >= 4 is 17.7 Å². The van der Waals surface area contributed by atoms with Gasteiger partial charge in [0.15, 0.2) is 5.16 Å². The first kappa shape index (κ1) is 22.4. The highest BCUT2D eigenvalue weighted by Gasteiger charge is 2.22. The molecule has 6 nitrogen and oxygen atoms in total. The highest BCUT2D eigenvalue weighted by Crippen LogP contribution is 2.26. The van der Waals surface area contributed by atoms with Gasteiger partial charge in [0.25, 0.3) is 0 Å². The van der Waals surface area contributed by atoms with Gasteiger partial charge in [0.05, 0.1) is 12.4 Å². The third kappa shape index (κ3) is 5.51. The van der Waals surface area contributed by atoms with E-state index < -0.39 is 0 Å². The Morgan fingerprint density at radius 3 is 2.47 bits per heavy atom. The maximum Gasteiger partial charge on any atom is 0.233 e. The van der Waals surface area contributed by atoms with Crippen LogP contribution in [0.5, 0.6) is 5.75 Å². The largest absolute Gasteiger partial charge is 0.494 e. The second-order valence-electron chi connectivity index (χ2n) is 8.18. The first-order valence-electron chi connectivity index (χ1n) is 11.3. The van der Waals surface area contributed by atoms with Gasteiger partial charge in [0.2, 0.25) is 5.91 Å². The fraction of sp³-hybridized carbons (Fsp3) is 0.400. The molecule has 0 unspecified atom stereocenters. The van der Waals surface area contributed by atoms with Gasteiger partial charge < -0.3 is 9.64 Å². The van der Waals surface area contributed by atoms with Crippen LogP contribution >= 0.6 is 11.8 Å². The molecule has 2 aromatic carbocycles. The molecular weight excluding hydrogens is 420 g/mol. The summed E-state index contributed by atoms with van der Waals surface area (Å²) in [5, 5.41) is 9.67. The van der Waals surface area contributed by atoms with Gasteiger partial charge in [-0.3, -0.25) is 9.36 Å². The number of thioether (sulfide) groups is 1. The van der Waals surface area contributed by atoms with Gasteiger partial charge in [0, 0.05) is 25.2 Å². The zero-order valence-corrected chi connectivity index (χ0v) is 19.6. The fourth-order valence-corrected chi connectivity index (χ4v) is 4.75. The molecule has 0 bridgehead atoms. The molecule has 0 spiro atoms. The van der Waals surface area contributed by atoms with E-state index in [1.54, 1.807) is 0 Å². The van der Waals surface area contributed by atoms with Crippen LogP contribution in [0.25, 0.3) is 5.69 Å². The predicted octanol–water partition coefficient (Wildman–Crippen LogP) is 4.61. The Hall–Kier alpha value is -2.80. The van der Waals surface area contributed by atoms with Gasteiger partial charge in [0.1, 0.15) is 11.6 Å². The molecule has 1 aliphatic heterocycles. The second kappa shape index (κ2) is 10.7. The van der Waals surface area contributed by atoms with E-state index in [1.807, 2.05) is 54.3 Å². The molecular formula is C25H30N4O2S. The van der Waals surface area contributed by atoms with Gasteiger partial charge in [-0.2, -0.15) is 0 Å². The summed E-state index contributed by atoms with van der Waals surface area (Å²) < 4.78 is 7.65. The molecule has 0 aliphatic carbocycles. The lowest BCUT2D eigenvalue weighted by atomic mass is 9.99. The van der Waals surface area contributed by atoms with Crippen molar-refractivity contribution < 1.29 is 9.53 Å². The van der Waals surface area contributed by atoms with Crippen molar-refractivity contribution in [2.24, 2.45) is 5.92 Å². The van der Waals surface area contributed by atoms with E-state index in [-0.39, 0.29) is 5.91 Å². The monoisotopic (exact) mass is 450 g/mol. The van der Waals surface area contributed by atoms with Crippen LogP contribution in [-0.2, 0) is 11.2 Å². The fourth-order valence-electron chi connectivity index (χ4n) is 3.88. The Morgan fingerprint density at radius 2 is 1.78 bits per heavy atom. The zero-order valence-electron chi connectivity index (χ0n) is 18.7. The average molecular weight is 451 g/mol. The van der Waals surface area contributed by atoms with Gasteiger partial charge in [-0.05, 0) is 55.5 Å². The van der Waals surface area contributed by atoms with Crippen molar-refractivity contribution in [3.8, 4) is 11.4 Å². The summed E-state index contributed by atoms with van der Waals surface area (Å²) in [4.78, 5) is 14.8.